The highest BCUT2D eigenvalue weighted by Gasteiger charge is 2.60. The highest BCUT2D eigenvalue weighted by Crippen LogP contribution is 2.54. The maximum Gasteiger partial charge on any atom is 0.305 e. The van der Waals surface area contributed by atoms with Gasteiger partial charge in [-0.25, -0.2) is 0 Å². The number of carbonyl (C=O) groups excluding carboxylic acids is 2. The Morgan fingerprint density at radius 3 is 2.44 bits per heavy atom. The predicted octanol–water partition coefficient (Wildman–Crippen LogP) is 2.02. The molecule has 1 aromatic carbocycles. The minimum absolute atomic E-state index is 0.104. The zero-order chi connectivity index (χ0) is 17.7. The number of imide groups is 1. The van der Waals surface area contributed by atoms with Crippen LogP contribution < -0.4 is 4.74 Å². The molecule has 1 aromatic rings. The van der Waals surface area contributed by atoms with Gasteiger partial charge in [-0.15, -0.1) is 0 Å². The van der Waals surface area contributed by atoms with Gasteiger partial charge in [-0.1, -0.05) is 24.3 Å². The maximum atomic E-state index is 13.0. The van der Waals surface area contributed by atoms with Gasteiger partial charge in [-0.3, -0.25) is 19.3 Å². The molecule has 5 unspecified atom stereocenters. The fourth-order valence-electron chi connectivity index (χ4n) is 4.60. The Balaban J connectivity index is 1.72. The number of nitrogens with zero attached hydrogens (tertiary/aromatic N) is 1. The summed E-state index contributed by atoms with van der Waals surface area (Å²) in [7, 11) is 1.52. The van der Waals surface area contributed by atoms with Crippen molar-refractivity contribution in [2.45, 2.75) is 18.9 Å². The number of likely N-dealkylation sites (tertiary alicyclic amines) is 1. The average Bonchev–Trinajstić information content (AvgIpc) is 3.27. The van der Waals surface area contributed by atoms with Crippen LogP contribution in [0.2, 0.25) is 0 Å². The summed E-state index contributed by atoms with van der Waals surface area (Å²) in [4.78, 5) is 38.6. The molecule has 6 heteroatoms. The zero-order valence-corrected chi connectivity index (χ0v) is 13.8. The molecule has 1 heterocycles. The number of benzene rings is 1. The molecule has 0 aromatic heterocycles. The van der Waals surface area contributed by atoms with E-state index in [9.17, 15) is 19.5 Å². The Labute approximate surface area is 145 Å². The number of methoxy groups -OCH3 is 1. The van der Waals surface area contributed by atoms with Crippen molar-refractivity contribution in [3.63, 3.8) is 0 Å². The molecule has 2 aliphatic carbocycles. The average molecular weight is 341 g/mol. The molecular weight excluding hydrogens is 322 g/mol. The number of amides is 2. The lowest BCUT2D eigenvalue weighted by Gasteiger charge is -2.27. The van der Waals surface area contributed by atoms with Crippen LogP contribution in [0.15, 0.2) is 36.4 Å². The Morgan fingerprint density at radius 1 is 1.24 bits per heavy atom. The van der Waals surface area contributed by atoms with E-state index in [1.807, 2.05) is 12.2 Å². The molecular formula is C19H19NO5. The van der Waals surface area contributed by atoms with E-state index in [4.69, 9.17) is 4.74 Å². The molecule has 1 aliphatic heterocycles. The van der Waals surface area contributed by atoms with E-state index in [1.54, 1.807) is 24.3 Å². The van der Waals surface area contributed by atoms with Gasteiger partial charge in [0.05, 0.1) is 31.4 Å². The molecule has 1 N–H and O–H groups in total. The van der Waals surface area contributed by atoms with Crippen molar-refractivity contribution >= 4 is 17.8 Å². The molecule has 4 rings (SSSR count). The van der Waals surface area contributed by atoms with E-state index in [-0.39, 0.29) is 41.9 Å². The van der Waals surface area contributed by atoms with Crippen LogP contribution in [-0.4, -0.2) is 34.9 Å². The number of carbonyl (C=O) groups is 3. The predicted molar refractivity (Wildman–Crippen MR) is 87.6 cm³/mol. The second kappa shape index (κ2) is 5.72. The number of ether oxygens (including phenoxy) is 1. The van der Waals surface area contributed by atoms with Crippen LogP contribution in [0.5, 0.6) is 5.75 Å². The first kappa shape index (κ1) is 15.9. The van der Waals surface area contributed by atoms with E-state index < -0.39 is 12.0 Å². The molecule has 2 bridgehead atoms. The number of aliphatic carboxylic acids is 1. The van der Waals surface area contributed by atoms with Gasteiger partial charge in [0, 0.05) is 0 Å². The van der Waals surface area contributed by atoms with Crippen LogP contribution in [0, 0.1) is 23.7 Å². The smallest absolute Gasteiger partial charge is 0.305 e. The third-order valence-electron chi connectivity index (χ3n) is 5.66. The van der Waals surface area contributed by atoms with Crippen molar-refractivity contribution in [3.8, 4) is 5.75 Å². The first-order chi connectivity index (χ1) is 12.0. The molecule has 0 radical (unpaired) electrons. The number of hydrogen-bond donors (Lipinski definition) is 1. The summed E-state index contributed by atoms with van der Waals surface area (Å²) in [5.41, 5.74) is 0.601. The summed E-state index contributed by atoms with van der Waals surface area (Å²) in [6.07, 6.45) is 4.59. The van der Waals surface area contributed by atoms with Crippen molar-refractivity contribution in [1.29, 1.82) is 0 Å². The molecule has 6 nitrogen and oxygen atoms in total. The van der Waals surface area contributed by atoms with Gasteiger partial charge in [0.1, 0.15) is 5.75 Å². The summed E-state index contributed by atoms with van der Waals surface area (Å²) in [5.74, 6) is -1.41. The highest BCUT2D eigenvalue weighted by atomic mass is 16.5. The van der Waals surface area contributed by atoms with E-state index >= 15 is 0 Å². The molecule has 2 amide bonds. The van der Waals surface area contributed by atoms with Crippen LogP contribution in [-0.2, 0) is 14.4 Å². The van der Waals surface area contributed by atoms with Gasteiger partial charge in [0.15, 0.2) is 0 Å². The Hall–Kier alpha value is -2.63. The Kier molecular flexibility index (Phi) is 3.63. The lowest BCUT2D eigenvalue weighted by atomic mass is 9.85. The third-order valence-corrected chi connectivity index (χ3v) is 5.66. The topological polar surface area (TPSA) is 83.9 Å². The van der Waals surface area contributed by atoms with Gasteiger partial charge in [-0.2, -0.15) is 0 Å². The van der Waals surface area contributed by atoms with Crippen molar-refractivity contribution in [2.24, 2.45) is 23.7 Å². The number of hydrogen-bond acceptors (Lipinski definition) is 4. The molecule has 130 valence electrons. The normalized spacial score (nSPS) is 30.7. The van der Waals surface area contributed by atoms with E-state index in [0.29, 0.717) is 11.3 Å². The monoisotopic (exact) mass is 341 g/mol. The molecule has 3 aliphatic rings. The standard InChI is InChI=1S/C19H19NO5/c1-25-13-4-2-3-10(8-13)14(9-15(21)22)20-18(23)16-11-5-6-12(7-11)17(16)19(20)24/h2-6,8,11-12,14,16-17H,7,9H2,1H3,(H,21,22). The van der Waals surface area contributed by atoms with Gasteiger partial charge >= 0.3 is 5.97 Å². The van der Waals surface area contributed by atoms with Gasteiger partial charge in [-0.05, 0) is 36.0 Å². The van der Waals surface area contributed by atoms with Crippen molar-refractivity contribution < 1.29 is 24.2 Å². The largest absolute Gasteiger partial charge is 0.497 e. The first-order valence-corrected chi connectivity index (χ1v) is 8.42. The van der Waals surface area contributed by atoms with Crippen LogP contribution in [0.25, 0.3) is 0 Å². The van der Waals surface area contributed by atoms with Crippen molar-refractivity contribution in [1.82, 2.24) is 4.90 Å². The van der Waals surface area contributed by atoms with E-state index in [0.717, 1.165) is 6.42 Å². The zero-order valence-electron chi connectivity index (χ0n) is 13.8. The number of fused-ring (bicyclic) bond motifs is 5. The van der Waals surface area contributed by atoms with E-state index in [2.05, 4.69) is 0 Å². The second-order valence-corrected chi connectivity index (χ2v) is 6.94. The van der Waals surface area contributed by atoms with Gasteiger partial charge in [0.2, 0.25) is 11.8 Å². The number of rotatable bonds is 5. The third kappa shape index (κ3) is 2.35. The number of carboxylic acid groups (broad SMARTS) is 1. The fraction of sp³-hybridized carbons (Fsp3) is 0.421. The van der Waals surface area contributed by atoms with E-state index in [1.165, 1.54) is 12.0 Å². The quantitative estimate of drug-likeness (QED) is 0.654. The lowest BCUT2D eigenvalue weighted by Crippen LogP contribution is -2.37. The van der Waals surface area contributed by atoms with Gasteiger partial charge in [0.25, 0.3) is 0 Å². The van der Waals surface area contributed by atoms with Gasteiger partial charge < -0.3 is 9.84 Å². The first-order valence-electron chi connectivity index (χ1n) is 8.42. The Bertz CT molecular complexity index is 756. The van der Waals surface area contributed by atoms with Crippen LogP contribution in [0.4, 0.5) is 0 Å². The maximum absolute atomic E-state index is 13.0. The number of allylic oxidation sites excluding steroid dienone is 2. The second-order valence-electron chi connectivity index (χ2n) is 6.94. The summed E-state index contributed by atoms with van der Waals surface area (Å²) in [6.45, 7) is 0. The lowest BCUT2D eigenvalue weighted by molar-refractivity contribution is -0.146. The Morgan fingerprint density at radius 2 is 1.88 bits per heavy atom. The molecule has 25 heavy (non-hydrogen) atoms. The summed E-state index contributed by atoms with van der Waals surface area (Å²) in [5, 5.41) is 9.33. The van der Waals surface area contributed by atoms with Crippen molar-refractivity contribution in [2.75, 3.05) is 7.11 Å². The summed E-state index contributed by atoms with van der Waals surface area (Å²) in [6, 6.07) is 6.10. The minimum Gasteiger partial charge on any atom is -0.497 e. The molecule has 1 saturated heterocycles. The molecule has 2 fully saturated rings. The van der Waals surface area contributed by atoms with Crippen molar-refractivity contribution in [3.05, 3.63) is 42.0 Å². The SMILES string of the molecule is COc1cccc(C(CC(=O)O)N2C(=O)C3C4C=CC(C4)C3C2=O)c1. The molecule has 0 spiro atoms. The molecule has 5 atom stereocenters. The minimum atomic E-state index is -1.05. The van der Waals surface area contributed by atoms with Crippen LogP contribution in [0.3, 0.4) is 0 Å². The van der Waals surface area contributed by atoms with Crippen LogP contribution >= 0.6 is 0 Å². The summed E-state index contributed by atoms with van der Waals surface area (Å²) < 4.78 is 5.20. The fourth-order valence-corrected chi connectivity index (χ4v) is 4.60. The molecule has 1 saturated carbocycles. The highest BCUT2D eigenvalue weighted by molar-refractivity contribution is 6.07. The summed E-state index contributed by atoms with van der Waals surface area (Å²) >= 11 is 0. The number of carboxylic acids is 1. The van der Waals surface area contributed by atoms with Crippen LogP contribution in [0.1, 0.15) is 24.4 Å².